The first kappa shape index (κ1) is 25.7. The van der Waals surface area contributed by atoms with Crippen LogP contribution in [0, 0.1) is 6.92 Å². The topological polar surface area (TPSA) is 156 Å². The fraction of sp³-hybridized carbons (Fsp3) is 0.111. The van der Waals surface area contributed by atoms with Crippen molar-refractivity contribution in [1.82, 2.24) is 15.1 Å². The summed E-state index contributed by atoms with van der Waals surface area (Å²) in [5.74, 6) is -0.0645. The van der Waals surface area contributed by atoms with Gasteiger partial charge in [0.1, 0.15) is 11.6 Å². The number of hydrogen-bond donors (Lipinski definition) is 3. The second-order valence-electron chi connectivity index (χ2n) is 8.67. The summed E-state index contributed by atoms with van der Waals surface area (Å²) in [5, 5.41) is 6.21. The highest BCUT2D eigenvalue weighted by atomic mass is 32.2. The van der Waals surface area contributed by atoms with E-state index >= 15 is 0 Å². The number of aromatic nitrogens is 3. The van der Waals surface area contributed by atoms with E-state index in [1.165, 1.54) is 37.3 Å². The highest BCUT2D eigenvalue weighted by molar-refractivity contribution is 7.92. The molecular weight excluding hydrogens is 522 g/mol. The van der Waals surface area contributed by atoms with Crippen LogP contribution in [0.25, 0.3) is 22.4 Å². The van der Waals surface area contributed by atoms with Gasteiger partial charge in [-0.25, -0.2) is 18.2 Å². The molecule has 0 fully saturated rings. The number of rotatable bonds is 8. The molecule has 0 saturated heterocycles. The summed E-state index contributed by atoms with van der Waals surface area (Å²) in [6.07, 6.45) is -1.12. The molecule has 1 unspecified atom stereocenters. The van der Waals surface area contributed by atoms with E-state index in [0.717, 1.165) is 5.56 Å². The van der Waals surface area contributed by atoms with Gasteiger partial charge in [-0.3, -0.25) is 9.52 Å². The number of aromatic amines is 1. The van der Waals surface area contributed by atoms with Crippen molar-refractivity contribution < 1.29 is 27.3 Å². The number of nitrogens with one attached hydrogen (secondary N) is 3. The van der Waals surface area contributed by atoms with Crippen LogP contribution in [-0.4, -0.2) is 41.5 Å². The van der Waals surface area contributed by atoms with Gasteiger partial charge in [0, 0.05) is 17.3 Å². The summed E-state index contributed by atoms with van der Waals surface area (Å²) in [6.45, 7) is 3.08. The highest BCUT2D eigenvalue weighted by Gasteiger charge is 2.21. The number of esters is 1. The van der Waals surface area contributed by atoms with Crippen molar-refractivity contribution in [3.8, 4) is 11.4 Å². The summed E-state index contributed by atoms with van der Waals surface area (Å²) in [5.41, 5.74) is 2.84. The van der Waals surface area contributed by atoms with E-state index in [-0.39, 0.29) is 16.3 Å². The maximum absolute atomic E-state index is 12.7. The Morgan fingerprint density at radius 2 is 1.74 bits per heavy atom. The lowest BCUT2D eigenvalue weighted by atomic mass is 10.2. The third-order valence-electron chi connectivity index (χ3n) is 5.72. The largest absolute Gasteiger partial charge is 0.449 e. The Morgan fingerprint density at radius 1 is 1.00 bits per heavy atom. The summed E-state index contributed by atoms with van der Waals surface area (Å²) in [6, 6.07) is 21.4. The van der Waals surface area contributed by atoms with Crippen molar-refractivity contribution in [2.24, 2.45) is 0 Å². The van der Waals surface area contributed by atoms with Gasteiger partial charge in [-0.2, -0.15) is 0 Å². The van der Waals surface area contributed by atoms with Gasteiger partial charge >= 0.3 is 5.97 Å². The van der Waals surface area contributed by atoms with Crippen molar-refractivity contribution in [3.05, 3.63) is 90.2 Å². The van der Waals surface area contributed by atoms with Gasteiger partial charge in [0.25, 0.3) is 15.9 Å². The highest BCUT2D eigenvalue weighted by Crippen LogP contribution is 2.22. The molecule has 0 aliphatic heterocycles. The van der Waals surface area contributed by atoms with E-state index in [0.29, 0.717) is 28.3 Å². The second kappa shape index (κ2) is 10.4. The van der Waals surface area contributed by atoms with Crippen LogP contribution in [0.15, 0.2) is 88.3 Å². The minimum Gasteiger partial charge on any atom is -0.449 e. The zero-order chi connectivity index (χ0) is 27.6. The molecule has 2 heterocycles. The normalized spacial score (nSPS) is 12.2. The van der Waals surface area contributed by atoms with Crippen molar-refractivity contribution in [1.29, 1.82) is 0 Å². The van der Waals surface area contributed by atoms with Crippen LogP contribution < -0.4 is 10.0 Å². The lowest BCUT2D eigenvalue weighted by Gasteiger charge is -2.14. The van der Waals surface area contributed by atoms with Gasteiger partial charge in [0.2, 0.25) is 0 Å². The molecule has 11 nitrogen and oxygen atoms in total. The summed E-state index contributed by atoms with van der Waals surface area (Å²) >= 11 is 0. The van der Waals surface area contributed by atoms with Crippen LogP contribution in [0.3, 0.4) is 0 Å². The number of nitrogens with zero attached hydrogens (tertiary/aromatic N) is 2. The zero-order valence-corrected chi connectivity index (χ0v) is 21.7. The first-order valence-electron chi connectivity index (χ1n) is 11.8. The van der Waals surface area contributed by atoms with Crippen LogP contribution in [0.2, 0.25) is 0 Å². The van der Waals surface area contributed by atoms with E-state index in [4.69, 9.17) is 9.26 Å². The van der Waals surface area contributed by atoms with E-state index in [1.807, 2.05) is 30.3 Å². The molecule has 3 aromatic carbocycles. The van der Waals surface area contributed by atoms with Crippen LogP contribution >= 0.6 is 0 Å². The van der Waals surface area contributed by atoms with E-state index in [9.17, 15) is 18.0 Å². The summed E-state index contributed by atoms with van der Waals surface area (Å²) in [7, 11) is -3.90. The van der Waals surface area contributed by atoms with Crippen molar-refractivity contribution in [2.75, 3.05) is 10.0 Å². The van der Waals surface area contributed by atoms with Crippen LogP contribution in [-0.2, 0) is 19.6 Å². The monoisotopic (exact) mass is 545 g/mol. The molecule has 39 heavy (non-hydrogen) atoms. The van der Waals surface area contributed by atoms with Gasteiger partial charge in [0.05, 0.1) is 21.5 Å². The number of H-pyrrole nitrogens is 1. The molecule has 2 aromatic heterocycles. The first-order chi connectivity index (χ1) is 18.7. The van der Waals surface area contributed by atoms with Gasteiger partial charge in [-0.1, -0.05) is 35.5 Å². The molecule has 12 heteroatoms. The molecule has 0 radical (unpaired) electrons. The van der Waals surface area contributed by atoms with Crippen molar-refractivity contribution in [3.63, 3.8) is 0 Å². The SMILES string of the molecule is Cc1cc(NS(=O)(=O)c2ccc(NC(=O)C(C)OC(=O)c3ccc4nc(-c5ccccc5)[nH]c4c3)cc2)no1. The van der Waals surface area contributed by atoms with E-state index in [1.54, 1.807) is 25.1 Å². The Hall–Kier alpha value is -4.97. The number of fused-ring (bicyclic) bond motifs is 1. The van der Waals surface area contributed by atoms with Crippen molar-refractivity contribution >= 4 is 44.4 Å². The molecular formula is C27H23N5O6S. The Balaban J connectivity index is 1.20. The molecule has 0 spiro atoms. The number of benzene rings is 3. The van der Waals surface area contributed by atoms with Crippen molar-refractivity contribution in [2.45, 2.75) is 24.8 Å². The van der Waals surface area contributed by atoms with E-state index < -0.39 is 28.0 Å². The zero-order valence-electron chi connectivity index (χ0n) is 20.8. The predicted molar refractivity (Wildman–Crippen MR) is 144 cm³/mol. The van der Waals surface area contributed by atoms with Gasteiger partial charge in [0.15, 0.2) is 11.9 Å². The van der Waals surface area contributed by atoms with Gasteiger partial charge in [-0.05, 0) is 56.3 Å². The fourth-order valence-corrected chi connectivity index (χ4v) is 4.71. The number of imidazole rings is 1. The summed E-state index contributed by atoms with van der Waals surface area (Å²) in [4.78, 5) is 33.0. The lowest BCUT2D eigenvalue weighted by Crippen LogP contribution is -2.30. The Kier molecular flexibility index (Phi) is 6.86. The number of carbonyl (C=O) groups excluding carboxylic acids is 2. The fourth-order valence-electron chi connectivity index (χ4n) is 3.72. The van der Waals surface area contributed by atoms with Gasteiger partial charge in [-0.15, -0.1) is 0 Å². The smallest absolute Gasteiger partial charge is 0.338 e. The average molecular weight is 546 g/mol. The number of hydrogen-bond acceptors (Lipinski definition) is 8. The molecule has 1 amide bonds. The minimum absolute atomic E-state index is 0.0368. The molecule has 0 aliphatic carbocycles. The summed E-state index contributed by atoms with van der Waals surface area (Å²) < 4.78 is 37.6. The molecule has 0 saturated carbocycles. The second-order valence-corrected chi connectivity index (χ2v) is 10.4. The molecule has 0 bridgehead atoms. The number of anilines is 2. The molecule has 5 rings (SSSR count). The standard InChI is InChI=1S/C27H23N5O6S/c1-16-14-24(31-38-16)32-39(35,36)21-11-9-20(10-12-21)28-26(33)17(2)37-27(34)19-8-13-22-23(15-19)30-25(29-22)18-6-4-3-5-7-18/h3-15,17H,1-2H3,(H,28,33)(H,29,30)(H,31,32). The Morgan fingerprint density at radius 3 is 2.44 bits per heavy atom. The Bertz CT molecular complexity index is 1760. The maximum Gasteiger partial charge on any atom is 0.338 e. The van der Waals surface area contributed by atoms with Crippen LogP contribution in [0.5, 0.6) is 0 Å². The Labute approximate surface area is 223 Å². The predicted octanol–water partition coefficient (Wildman–Crippen LogP) is 4.51. The number of aryl methyl sites for hydroxylation is 1. The minimum atomic E-state index is -3.90. The first-order valence-corrected chi connectivity index (χ1v) is 13.3. The lowest BCUT2D eigenvalue weighted by molar-refractivity contribution is -0.123. The number of ether oxygens (including phenoxy) is 1. The number of amides is 1. The molecule has 5 aromatic rings. The number of carbonyl (C=O) groups is 2. The average Bonchev–Trinajstić information content (AvgIpc) is 3.54. The number of sulfonamides is 1. The maximum atomic E-state index is 12.7. The van der Waals surface area contributed by atoms with Crippen LogP contribution in [0.4, 0.5) is 11.5 Å². The van der Waals surface area contributed by atoms with E-state index in [2.05, 4.69) is 25.2 Å². The van der Waals surface area contributed by atoms with Crippen LogP contribution in [0.1, 0.15) is 23.0 Å². The molecule has 0 aliphatic rings. The van der Waals surface area contributed by atoms with Gasteiger partial charge < -0.3 is 19.6 Å². The molecule has 3 N–H and O–H groups in total. The quantitative estimate of drug-likeness (QED) is 0.240. The third-order valence-corrected chi connectivity index (χ3v) is 7.09. The molecule has 198 valence electrons. The third kappa shape index (κ3) is 5.80. The molecule has 1 atom stereocenters.